The summed E-state index contributed by atoms with van der Waals surface area (Å²) < 4.78 is 17.4. The van der Waals surface area contributed by atoms with Crippen LogP contribution in [-0.4, -0.2) is 213 Å². The van der Waals surface area contributed by atoms with E-state index in [-0.39, 0.29) is 135 Å². The normalized spacial score (nSPS) is 19.6. The van der Waals surface area contributed by atoms with Crippen LogP contribution in [0, 0.1) is 53.3 Å². The van der Waals surface area contributed by atoms with Crippen molar-refractivity contribution in [2.45, 2.75) is 230 Å². The van der Waals surface area contributed by atoms with Crippen molar-refractivity contribution in [2.75, 3.05) is 67.1 Å². The molecule has 39 nitrogen and oxygen atoms in total. The van der Waals surface area contributed by atoms with Crippen molar-refractivity contribution >= 4 is 88.8 Å². The van der Waals surface area contributed by atoms with E-state index in [0.717, 1.165) is 16.7 Å². The summed E-state index contributed by atoms with van der Waals surface area (Å²) in [5, 5.41) is 50.4. The molecule has 6 aliphatic heterocycles. The van der Waals surface area contributed by atoms with E-state index in [1.165, 1.54) is 11.9 Å². The first-order valence-corrected chi connectivity index (χ1v) is 41.7. The number of guanidine groups is 3. The number of rotatable bonds is 31. The minimum atomic E-state index is -1.04. The van der Waals surface area contributed by atoms with E-state index < -0.39 is 131 Å². The Kier molecular flexibility index (Phi) is 55.3. The minimum absolute atomic E-state index is 0. The Labute approximate surface area is 743 Å². The van der Waals surface area contributed by atoms with Crippen molar-refractivity contribution < 1.29 is 87.4 Å². The first-order chi connectivity index (χ1) is 58.0. The molecular formula is C87H149N21O18. The Morgan fingerprint density at radius 1 is 0.437 bits per heavy atom. The topological polar surface area (TPSA) is 622 Å². The van der Waals surface area contributed by atoms with Gasteiger partial charge < -0.3 is 96.0 Å². The third-order valence-electron chi connectivity index (χ3n) is 20.5. The summed E-state index contributed by atoms with van der Waals surface area (Å²) in [5.74, 6) is -9.21. The summed E-state index contributed by atoms with van der Waals surface area (Å²) in [6, 6.07) is 15.8. The predicted octanol–water partition coefficient (Wildman–Crippen LogP) is 3.14. The van der Waals surface area contributed by atoms with Gasteiger partial charge in [-0.15, -0.1) is 0 Å². The Bertz CT molecular complexity index is 3920. The highest BCUT2D eigenvalue weighted by Crippen LogP contribution is 2.31. The fourth-order valence-corrected chi connectivity index (χ4v) is 14.4. The molecule has 0 fully saturated rings. The lowest BCUT2D eigenvalue weighted by Crippen LogP contribution is -2.56. The predicted molar refractivity (Wildman–Crippen MR) is 483 cm³/mol. The molecule has 0 spiro atoms. The van der Waals surface area contributed by atoms with Gasteiger partial charge in [0.05, 0.1) is 37.6 Å². The second-order valence-electron chi connectivity index (χ2n) is 31.9. The maximum atomic E-state index is 13.7. The van der Waals surface area contributed by atoms with Crippen LogP contribution in [0.25, 0.3) is 0 Å². The lowest BCUT2D eigenvalue weighted by molar-refractivity contribution is -0.142. The van der Waals surface area contributed by atoms with E-state index in [9.17, 15) is 73.2 Å². The first-order valence-electron chi connectivity index (χ1n) is 41.7. The SMILES string of the molecule is C.C.C.C.CC(C)C[C@H]1C(=O)N[C@H](C(=O)N[C@@H](CCCN=C(N)N)C(=O)N(C)C)Cc2ccc(cc2)OCCC[C@@H]1C(=O)NO.CCNC(=O)[C@H](CCCN=C(N)N)NC(=O)[C@@H]1Cc2ccc(cc2)OCCC[C@H](C(=O)NO)[C@@H](CC(C)C)C(=O)N1.CNC(=O)[C@H](CCCN=C(N)N)NC(=O)[C@@H]1Cc2ccc(cc2)OCCC[C@H](C(=O)NO)[C@@H](CC(C)C)C(=O)N1. The van der Waals surface area contributed by atoms with E-state index in [0.29, 0.717) is 121 Å². The zero-order valence-electron chi connectivity index (χ0n) is 72.0. The molecule has 6 aliphatic rings. The van der Waals surface area contributed by atoms with E-state index in [2.05, 4.69) is 57.5 Å². The number of fused-ring (bicyclic) bond motifs is 33. The molecule has 26 N–H and O–H groups in total. The Hall–Kier alpha value is -11.6. The van der Waals surface area contributed by atoms with Crippen molar-refractivity contribution in [1.82, 2.24) is 63.9 Å². The maximum absolute atomic E-state index is 13.7. The number of hydrogen-bond acceptors (Lipinski definition) is 21. The Morgan fingerprint density at radius 2 is 0.706 bits per heavy atom. The van der Waals surface area contributed by atoms with Crippen molar-refractivity contribution in [3.05, 3.63) is 89.5 Å². The summed E-state index contributed by atoms with van der Waals surface area (Å²) >= 11 is 0. The van der Waals surface area contributed by atoms with Gasteiger partial charge in [0.2, 0.25) is 70.9 Å². The number of nitrogens with zero attached hydrogens (tertiary/aromatic N) is 4. The molecule has 3 aromatic rings. The summed E-state index contributed by atoms with van der Waals surface area (Å²) in [6.45, 7) is 15.6. The van der Waals surface area contributed by atoms with E-state index in [4.69, 9.17) is 48.6 Å². The van der Waals surface area contributed by atoms with Crippen LogP contribution in [0.2, 0.25) is 0 Å². The van der Waals surface area contributed by atoms with Crippen LogP contribution >= 0.6 is 0 Å². The van der Waals surface area contributed by atoms with Crippen LogP contribution < -0.4 is 108 Å². The molecule has 6 bridgehead atoms. The molecule has 0 saturated heterocycles. The number of carbonyl (C=O) groups is 12. The van der Waals surface area contributed by atoms with Crippen LogP contribution in [0.1, 0.15) is 191 Å². The number of likely N-dealkylation sites (N-methyl/N-ethyl adjacent to an activating group) is 3. The third-order valence-corrected chi connectivity index (χ3v) is 20.5. The monoisotopic (exact) mass is 1780 g/mol. The van der Waals surface area contributed by atoms with E-state index >= 15 is 0 Å². The summed E-state index contributed by atoms with van der Waals surface area (Å²) in [4.78, 5) is 171. The van der Waals surface area contributed by atoms with Gasteiger partial charge in [0, 0.05) is 84.3 Å². The van der Waals surface area contributed by atoms with Crippen molar-refractivity contribution in [1.29, 1.82) is 0 Å². The second kappa shape index (κ2) is 60.9. The number of nitrogens with two attached hydrogens (primary N) is 6. The average molecular weight is 1780 g/mol. The summed E-state index contributed by atoms with van der Waals surface area (Å²) in [6.07, 6.45) is 5.92. The lowest BCUT2D eigenvalue weighted by atomic mass is 9.81. The van der Waals surface area contributed by atoms with Crippen LogP contribution in [0.15, 0.2) is 87.8 Å². The molecule has 39 heteroatoms. The molecule has 0 aliphatic carbocycles. The van der Waals surface area contributed by atoms with Gasteiger partial charge in [0.15, 0.2) is 17.9 Å². The molecule has 0 aromatic heterocycles. The van der Waals surface area contributed by atoms with Gasteiger partial charge in [-0.1, -0.05) is 108 Å². The molecule has 126 heavy (non-hydrogen) atoms. The number of hydrogen-bond donors (Lipinski definition) is 20. The summed E-state index contributed by atoms with van der Waals surface area (Å²) in [5.41, 5.74) is 39.6. The number of benzene rings is 3. The highest BCUT2D eigenvalue weighted by atomic mass is 16.5. The zero-order chi connectivity index (χ0) is 90.5. The molecule has 12 atom stereocenters. The van der Waals surface area contributed by atoms with Gasteiger partial charge in [-0.05, 0) is 174 Å². The largest absolute Gasteiger partial charge is 0.494 e. The van der Waals surface area contributed by atoms with Crippen LogP contribution in [0.3, 0.4) is 0 Å². The maximum Gasteiger partial charge on any atom is 0.247 e. The number of carbonyl (C=O) groups excluding carboxylic acids is 12. The standard InChI is InChI=1S/2C28H45N7O6.C27H43N7O6.4CH4/c1-17(2)15-21-20(25(37)34-40)7-6-14-41-19-11-9-18(10-12-19)16-23(33-24(21)36)26(38)32-22(27(39)35(3)4)8-5-13-31-28(29)30;1-4-31-26(38)22(8-5-13-32-28(29)30)33-27(39)23-16-18-9-11-19(12-10-18)41-14-6-7-20(25(37)35-40)21(15-17(2)3)24(36)34-23;1-16(2)14-20-19(24(36)34-39)6-5-13-40-18-10-8-17(9-11-18)15-22(33-23(20)35)26(38)32-21(25(37)30-3)7-4-12-31-27(28)29;;;;/h9-12,17,20-23,40H,5-8,13-16H2,1-4H3,(H,32,38)(H,33,36)(H,34,37)(H4,29,30,31);9-12,17,20-23,40H,4-8,13-16H2,1-3H3,(H,31,38)(H,33,39)(H,34,36)(H,35,37)(H4,29,30,32);8-11,16,19-22,39H,4-7,12-15H2,1-3H3,(H,30,37)(H,32,38)(H,33,35)(H,34,36)(H4,28,29,31);4*1H4/t2*20-,21+,22-,23-;19-,20+,21-,22-;;;;/m000..../s1. The number of ether oxygens (including phenoxy) is 3. The van der Waals surface area contributed by atoms with Crippen molar-refractivity contribution in [3.8, 4) is 17.2 Å². The summed E-state index contributed by atoms with van der Waals surface area (Å²) in [7, 11) is 4.65. The molecule has 0 saturated carbocycles. The third kappa shape index (κ3) is 41.5. The van der Waals surface area contributed by atoms with Crippen LogP contribution in [-0.2, 0) is 76.8 Å². The molecule has 9 rings (SSSR count). The smallest absolute Gasteiger partial charge is 0.247 e. The Balaban J connectivity index is 0.00000183. The fourth-order valence-electron chi connectivity index (χ4n) is 14.4. The van der Waals surface area contributed by atoms with Gasteiger partial charge >= 0.3 is 0 Å². The van der Waals surface area contributed by atoms with Crippen molar-refractivity contribution in [2.24, 2.45) is 103 Å². The molecule has 710 valence electrons. The average Bonchev–Trinajstić information content (AvgIpc) is 0.838. The molecular weight excluding hydrogens is 1630 g/mol. The van der Waals surface area contributed by atoms with E-state index in [1.807, 2.05) is 77.9 Å². The molecule has 0 radical (unpaired) electrons. The van der Waals surface area contributed by atoms with Crippen LogP contribution in [0.5, 0.6) is 17.2 Å². The highest BCUT2D eigenvalue weighted by molar-refractivity contribution is 5.97. The highest BCUT2D eigenvalue weighted by Gasteiger charge is 2.41. The van der Waals surface area contributed by atoms with Gasteiger partial charge in [0.1, 0.15) is 53.5 Å². The zero-order valence-corrected chi connectivity index (χ0v) is 72.0. The fraction of sp³-hybridized carbons (Fsp3) is 0.621. The molecule has 0 unspecified atom stereocenters. The van der Waals surface area contributed by atoms with Gasteiger partial charge in [-0.25, -0.2) is 16.4 Å². The first kappa shape index (κ1) is 114. The van der Waals surface area contributed by atoms with E-state index in [1.54, 1.807) is 73.9 Å². The quantitative estimate of drug-likeness (QED) is 0.0145. The number of aliphatic imine (C=N–C) groups is 3. The second-order valence-corrected chi connectivity index (χ2v) is 31.9. The number of amides is 12. The Morgan fingerprint density at radius 3 is 0.952 bits per heavy atom. The van der Waals surface area contributed by atoms with Crippen LogP contribution in [0.4, 0.5) is 0 Å². The van der Waals surface area contributed by atoms with Gasteiger partial charge in [-0.2, -0.15) is 0 Å². The van der Waals surface area contributed by atoms with Gasteiger partial charge in [-0.3, -0.25) is 88.1 Å². The molecule has 6 heterocycles. The lowest BCUT2D eigenvalue weighted by Gasteiger charge is -2.29. The molecule has 3 aromatic carbocycles. The molecule has 12 amide bonds. The van der Waals surface area contributed by atoms with Crippen molar-refractivity contribution in [3.63, 3.8) is 0 Å². The minimum Gasteiger partial charge on any atom is -0.494 e. The van der Waals surface area contributed by atoms with Gasteiger partial charge in [0.25, 0.3) is 0 Å². The number of hydroxylamine groups is 3. The number of nitrogens with one attached hydrogen (secondary N) is 11.